The van der Waals surface area contributed by atoms with E-state index in [9.17, 15) is 4.79 Å². The lowest BCUT2D eigenvalue weighted by atomic mass is 10.4. The minimum absolute atomic E-state index is 0.0291. The fourth-order valence-electron chi connectivity index (χ4n) is 0.623. The third-order valence-corrected chi connectivity index (χ3v) is 1.09. The Hall–Kier alpha value is -1.06. The quantitative estimate of drug-likeness (QED) is 0.388. The van der Waals surface area contributed by atoms with Crippen LogP contribution in [0.3, 0.4) is 0 Å². The maximum absolute atomic E-state index is 10.8. The average Bonchev–Trinajstić information content (AvgIpc) is 2.01. The van der Waals surface area contributed by atoms with Crippen molar-refractivity contribution in [2.75, 3.05) is 13.2 Å². The van der Waals surface area contributed by atoms with E-state index >= 15 is 0 Å². The summed E-state index contributed by atoms with van der Waals surface area (Å²) in [5.41, 5.74) is 0. The van der Waals surface area contributed by atoms with E-state index in [0.717, 1.165) is 6.42 Å². The Bertz CT molecular complexity index is 156. The zero-order chi connectivity index (χ0) is 9.40. The van der Waals surface area contributed by atoms with Crippen LogP contribution in [0.2, 0.25) is 0 Å². The minimum atomic E-state index is -0.393. The first-order valence-corrected chi connectivity index (χ1v) is 4.06. The molecule has 0 radical (unpaired) electrons. The number of hydrogen-bond acceptors (Lipinski definition) is 4. The molecule has 0 fully saturated rings. The molecule has 0 aromatic heterocycles. The van der Waals surface area contributed by atoms with E-state index < -0.39 is 5.97 Å². The van der Waals surface area contributed by atoms with Crippen molar-refractivity contribution >= 4 is 11.9 Å². The van der Waals surface area contributed by atoms with Crippen molar-refractivity contribution in [2.45, 2.75) is 26.7 Å². The molecular formula is C8H15NO3. The maximum Gasteiger partial charge on any atom is 0.315 e. The van der Waals surface area contributed by atoms with Crippen molar-refractivity contribution in [2.24, 2.45) is 0 Å². The number of esters is 1. The van der Waals surface area contributed by atoms with Gasteiger partial charge in [0.05, 0.1) is 13.2 Å². The van der Waals surface area contributed by atoms with Gasteiger partial charge in [0, 0.05) is 0 Å². The molecule has 0 bridgehead atoms. The third-order valence-electron chi connectivity index (χ3n) is 1.09. The van der Waals surface area contributed by atoms with E-state index in [1.165, 1.54) is 0 Å². The third kappa shape index (κ3) is 5.70. The highest BCUT2D eigenvalue weighted by Gasteiger charge is 2.06. The molecule has 0 aliphatic heterocycles. The molecule has 0 rings (SSSR count). The first-order valence-electron chi connectivity index (χ1n) is 4.06. The van der Waals surface area contributed by atoms with E-state index in [2.05, 4.69) is 0 Å². The van der Waals surface area contributed by atoms with Crippen molar-refractivity contribution in [3.8, 4) is 0 Å². The second-order valence-electron chi connectivity index (χ2n) is 2.25. The summed E-state index contributed by atoms with van der Waals surface area (Å²) < 4.78 is 9.52. The van der Waals surface area contributed by atoms with E-state index in [1.54, 1.807) is 6.92 Å². The topological polar surface area (TPSA) is 59.4 Å². The lowest BCUT2D eigenvalue weighted by Gasteiger charge is -2.04. The van der Waals surface area contributed by atoms with Crippen molar-refractivity contribution in [1.29, 1.82) is 5.41 Å². The Morgan fingerprint density at radius 3 is 2.50 bits per heavy atom. The van der Waals surface area contributed by atoms with Crippen molar-refractivity contribution in [3.05, 3.63) is 0 Å². The molecule has 4 heteroatoms. The summed E-state index contributed by atoms with van der Waals surface area (Å²) >= 11 is 0. The summed E-state index contributed by atoms with van der Waals surface area (Å²) in [6, 6.07) is 0. The van der Waals surface area contributed by atoms with Crippen LogP contribution < -0.4 is 0 Å². The molecule has 70 valence electrons. The number of rotatable bonds is 5. The zero-order valence-corrected chi connectivity index (χ0v) is 7.55. The summed E-state index contributed by atoms with van der Waals surface area (Å²) in [5.74, 6) is -0.422. The highest BCUT2D eigenvalue weighted by molar-refractivity contribution is 5.92. The van der Waals surface area contributed by atoms with Gasteiger partial charge >= 0.3 is 5.97 Å². The standard InChI is InChI=1S/C8H15NO3/c1-3-5-12-8(10)6-7(9)11-4-2/h9H,3-6H2,1-2H3. The molecule has 0 aromatic carbocycles. The SMILES string of the molecule is CCCOC(=O)CC(=N)OCC. The van der Waals surface area contributed by atoms with Crippen molar-refractivity contribution in [1.82, 2.24) is 0 Å². The summed E-state index contributed by atoms with van der Waals surface area (Å²) in [7, 11) is 0. The largest absolute Gasteiger partial charge is 0.481 e. The fourth-order valence-corrected chi connectivity index (χ4v) is 0.623. The second kappa shape index (κ2) is 6.64. The first kappa shape index (κ1) is 10.9. The normalized spacial score (nSPS) is 9.17. The highest BCUT2D eigenvalue weighted by Crippen LogP contribution is 1.92. The molecule has 0 atom stereocenters. The first-order chi connectivity index (χ1) is 5.70. The molecule has 0 amide bonds. The van der Waals surface area contributed by atoms with E-state index in [4.69, 9.17) is 14.9 Å². The molecule has 0 saturated carbocycles. The highest BCUT2D eigenvalue weighted by atomic mass is 16.5. The van der Waals surface area contributed by atoms with Gasteiger partial charge < -0.3 is 9.47 Å². The van der Waals surface area contributed by atoms with Crippen LogP contribution in [0.4, 0.5) is 0 Å². The average molecular weight is 173 g/mol. The molecule has 0 spiro atoms. The monoisotopic (exact) mass is 173 g/mol. The molecule has 0 aliphatic carbocycles. The molecule has 0 unspecified atom stereocenters. The summed E-state index contributed by atoms with van der Waals surface area (Å²) in [6.45, 7) is 4.52. The van der Waals surface area contributed by atoms with Gasteiger partial charge in [-0.25, -0.2) is 0 Å². The molecular weight excluding hydrogens is 158 g/mol. The molecule has 4 nitrogen and oxygen atoms in total. The second-order valence-corrected chi connectivity index (χ2v) is 2.25. The van der Waals surface area contributed by atoms with Crippen molar-refractivity contribution in [3.63, 3.8) is 0 Å². The lowest BCUT2D eigenvalue weighted by molar-refractivity contribution is -0.142. The van der Waals surface area contributed by atoms with Gasteiger partial charge in [-0.3, -0.25) is 10.2 Å². The fraction of sp³-hybridized carbons (Fsp3) is 0.750. The summed E-state index contributed by atoms with van der Waals surface area (Å²) in [5, 5.41) is 7.13. The van der Waals surface area contributed by atoms with Crippen LogP contribution in [0.1, 0.15) is 26.7 Å². The van der Waals surface area contributed by atoms with Gasteiger partial charge in [0.1, 0.15) is 6.42 Å². The Morgan fingerprint density at radius 1 is 1.33 bits per heavy atom. The zero-order valence-electron chi connectivity index (χ0n) is 7.55. The molecule has 12 heavy (non-hydrogen) atoms. The Kier molecular flexibility index (Phi) is 6.05. The van der Waals surface area contributed by atoms with Gasteiger partial charge in [0.2, 0.25) is 0 Å². The van der Waals surface area contributed by atoms with Crippen LogP contribution in [-0.4, -0.2) is 25.1 Å². The smallest absolute Gasteiger partial charge is 0.315 e. The van der Waals surface area contributed by atoms with Gasteiger partial charge in [0.25, 0.3) is 0 Å². The lowest BCUT2D eigenvalue weighted by Crippen LogP contribution is -2.13. The van der Waals surface area contributed by atoms with Gasteiger partial charge in [0.15, 0.2) is 5.90 Å². The number of carbonyl (C=O) groups excluding carboxylic acids is 1. The minimum Gasteiger partial charge on any atom is -0.481 e. The van der Waals surface area contributed by atoms with E-state index in [-0.39, 0.29) is 12.3 Å². The van der Waals surface area contributed by atoms with Crippen molar-refractivity contribution < 1.29 is 14.3 Å². The van der Waals surface area contributed by atoms with Gasteiger partial charge in [-0.05, 0) is 13.3 Å². The summed E-state index contributed by atoms with van der Waals surface area (Å²) in [4.78, 5) is 10.8. The Labute approximate surface area is 72.4 Å². The van der Waals surface area contributed by atoms with Gasteiger partial charge in [-0.1, -0.05) is 6.92 Å². The maximum atomic E-state index is 10.8. The van der Waals surface area contributed by atoms with E-state index in [1.807, 2.05) is 6.92 Å². The van der Waals surface area contributed by atoms with E-state index in [0.29, 0.717) is 13.2 Å². The van der Waals surface area contributed by atoms with Crippen LogP contribution in [0, 0.1) is 5.41 Å². The molecule has 0 heterocycles. The van der Waals surface area contributed by atoms with Gasteiger partial charge in [-0.2, -0.15) is 0 Å². The van der Waals surface area contributed by atoms with Crippen LogP contribution >= 0.6 is 0 Å². The number of ether oxygens (including phenoxy) is 2. The number of carbonyl (C=O) groups is 1. The molecule has 0 saturated heterocycles. The van der Waals surface area contributed by atoms with Crippen LogP contribution in [-0.2, 0) is 14.3 Å². The summed E-state index contributed by atoms with van der Waals surface area (Å²) in [6.07, 6.45) is 0.738. The predicted molar refractivity (Wildman–Crippen MR) is 45.2 cm³/mol. The Morgan fingerprint density at radius 2 is 2.00 bits per heavy atom. The molecule has 0 aromatic rings. The van der Waals surface area contributed by atoms with Crippen LogP contribution in [0.25, 0.3) is 0 Å². The number of hydrogen-bond donors (Lipinski definition) is 1. The predicted octanol–water partition coefficient (Wildman–Crippen LogP) is 1.34. The van der Waals surface area contributed by atoms with Gasteiger partial charge in [-0.15, -0.1) is 0 Å². The Balaban J connectivity index is 3.47. The van der Waals surface area contributed by atoms with Crippen LogP contribution in [0.5, 0.6) is 0 Å². The molecule has 1 N–H and O–H groups in total. The number of nitrogens with one attached hydrogen (secondary N) is 1. The van der Waals surface area contributed by atoms with Crippen LogP contribution in [0.15, 0.2) is 0 Å². The molecule has 0 aliphatic rings.